The van der Waals surface area contributed by atoms with Crippen LogP contribution in [0.5, 0.6) is 11.5 Å². The van der Waals surface area contributed by atoms with Crippen molar-refractivity contribution >= 4 is 17.6 Å². The summed E-state index contributed by atoms with van der Waals surface area (Å²) in [5, 5.41) is 2.72. The summed E-state index contributed by atoms with van der Waals surface area (Å²) in [6, 6.07) is 5.06. The number of esters is 1. The van der Waals surface area contributed by atoms with Crippen LogP contribution in [0.4, 0.5) is 5.69 Å². The minimum atomic E-state index is -0.840. The third kappa shape index (κ3) is 4.63. The third-order valence-corrected chi connectivity index (χ3v) is 4.25. The fraction of sp³-hybridized carbons (Fsp3) is 0.556. The van der Waals surface area contributed by atoms with Crippen molar-refractivity contribution in [1.29, 1.82) is 0 Å². The summed E-state index contributed by atoms with van der Waals surface area (Å²) in [5.74, 6) is 0.376. The Morgan fingerprint density at radius 3 is 2.38 bits per heavy atom. The van der Waals surface area contributed by atoms with Crippen molar-refractivity contribution in [3.63, 3.8) is 0 Å². The van der Waals surface area contributed by atoms with Crippen molar-refractivity contribution in [2.45, 2.75) is 45.1 Å². The molecule has 0 unspecified atom stereocenters. The lowest BCUT2D eigenvalue weighted by molar-refractivity contribution is -0.158. The summed E-state index contributed by atoms with van der Waals surface area (Å²) in [6.45, 7) is 1.58. The predicted octanol–water partition coefficient (Wildman–Crippen LogP) is 3.15. The smallest absolute Gasteiger partial charge is 0.309 e. The Balaban J connectivity index is 1.92. The lowest BCUT2D eigenvalue weighted by Gasteiger charge is -2.22. The van der Waals surface area contributed by atoms with Crippen LogP contribution < -0.4 is 14.8 Å². The fourth-order valence-electron chi connectivity index (χ4n) is 2.82. The van der Waals surface area contributed by atoms with E-state index in [0.29, 0.717) is 17.2 Å². The lowest BCUT2D eigenvalue weighted by atomic mass is 9.89. The van der Waals surface area contributed by atoms with Gasteiger partial charge >= 0.3 is 5.97 Å². The number of carbonyl (C=O) groups excluding carboxylic acids is 2. The number of amides is 1. The molecule has 0 radical (unpaired) electrons. The molecule has 132 valence electrons. The zero-order valence-electron chi connectivity index (χ0n) is 14.5. The SMILES string of the molecule is COc1ccc(NC(=O)[C@H](C)OC(=O)C2CCCCC2)cc1OC. The Hall–Kier alpha value is -2.24. The van der Waals surface area contributed by atoms with Crippen LogP contribution in [-0.2, 0) is 14.3 Å². The number of anilines is 1. The van der Waals surface area contributed by atoms with Crippen molar-refractivity contribution in [1.82, 2.24) is 0 Å². The average Bonchev–Trinajstić information content (AvgIpc) is 2.62. The van der Waals surface area contributed by atoms with E-state index in [1.807, 2.05) is 0 Å². The van der Waals surface area contributed by atoms with Gasteiger partial charge in [-0.15, -0.1) is 0 Å². The Morgan fingerprint density at radius 1 is 1.08 bits per heavy atom. The van der Waals surface area contributed by atoms with Crippen molar-refractivity contribution in [2.24, 2.45) is 5.92 Å². The molecule has 1 saturated carbocycles. The molecule has 1 N–H and O–H groups in total. The average molecular weight is 335 g/mol. The predicted molar refractivity (Wildman–Crippen MR) is 90.3 cm³/mol. The number of nitrogens with one attached hydrogen (secondary N) is 1. The zero-order valence-corrected chi connectivity index (χ0v) is 14.5. The molecular weight excluding hydrogens is 310 g/mol. The highest BCUT2D eigenvalue weighted by molar-refractivity contribution is 5.95. The topological polar surface area (TPSA) is 73.9 Å². The van der Waals surface area contributed by atoms with Gasteiger partial charge in [0.05, 0.1) is 20.1 Å². The molecule has 0 aromatic heterocycles. The fourth-order valence-corrected chi connectivity index (χ4v) is 2.82. The number of hydrogen-bond acceptors (Lipinski definition) is 5. The van der Waals surface area contributed by atoms with Gasteiger partial charge in [0.15, 0.2) is 17.6 Å². The molecule has 0 spiro atoms. The maximum Gasteiger partial charge on any atom is 0.309 e. The van der Waals surface area contributed by atoms with E-state index in [1.165, 1.54) is 13.5 Å². The first-order valence-corrected chi connectivity index (χ1v) is 8.28. The first kappa shape index (κ1) is 18.1. The first-order chi connectivity index (χ1) is 11.5. The molecule has 0 bridgehead atoms. The van der Waals surface area contributed by atoms with E-state index in [4.69, 9.17) is 14.2 Å². The standard InChI is InChI=1S/C18H25NO5/c1-12(24-18(21)13-7-5-4-6-8-13)17(20)19-14-9-10-15(22-2)16(11-14)23-3/h9-13H,4-8H2,1-3H3,(H,19,20)/t12-/m0/s1. The molecular formula is C18H25NO5. The van der Waals surface area contributed by atoms with E-state index in [0.717, 1.165) is 25.7 Å². The lowest BCUT2D eigenvalue weighted by Crippen LogP contribution is -2.32. The van der Waals surface area contributed by atoms with Gasteiger partial charge in [0, 0.05) is 11.8 Å². The van der Waals surface area contributed by atoms with E-state index in [-0.39, 0.29) is 17.8 Å². The Bertz CT molecular complexity index is 581. The van der Waals surface area contributed by atoms with Gasteiger partial charge in [-0.3, -0.25) is 9.59 Å². The van der Waals surface area contributed by atoms with Crippen LogP contribution in [0.3, 0.4) is 0 Å². The van der Waals surface area contributed by atoms with Crippen LogP contribution in [0.15, 0.2) is 18.2 Å². The maximum absolute atomic E-state index is 12.2. The molecule has 1 aliphatic rings. The van der Waals surface area contributed by atoms with Gasteiger partial charge in [0.2, 0.25) is 0 Å². The second-order valence-corrected chi connectivity index (χ2v) is 5.97. The van der Waals surface area contributed by atoms with Gasteiger partial charge in [-0.2, -0.15) is 0 Å². The second kappa shape index (κ2) is 8.57. The van der Waals surface area contributed by atoms with E-state index < -0.39 is 6.10 Å². The van der Waals surface area contributed by atoms with Crippen molar-refractivity contribution in [2.75, 3.05) is 19.5 Å². The quantitative estimate of drug-likeness (QED) is 0.808. The zero-order chi connectivity index (χ0) is 17.5. The molecule has 0 heterocycles. The van der Waals surface area contributed by atoms with Gasteiger partial charge in [-0.25, -0.2) is 0 Å². The van der Waals surface area contributed by atoms with Crippen molar-refractivity contribution < 1.29 is 23.8 Å². The highest BCUT2D eigenvalue weighted by Gasteiger charge is 2.26. The molecule has 6 nitrogen and oxygen atoms in total. The number of ether oxygens (including phenoxy) is 3. The number of benzene rings is 1. The monoisotopic (exact) mass is 335 g/mol. The van der Waals surface area contributed by atoms with E-state index in [9.17, 15) is 9.59 Å². The number of rotatable bonds is 6. The van der Waals surface area contributed by atoms with Gasteiger partial charge in [0.1, 0.15) is 0 Å². The summed E-state index contributed by atoms with van der Waals surface area (Å²) in [6.07, 6.45) is 4.12. The molecule has 24 heavy (non-hydrogen) atoms. The molecule has 1 aromatic rings. The highest BCUT2D eigenvalue weighted by atomic mass is 16.5. The van der Waals surface area contributed by atoms with E-state index in [2.05, 4.69) is 5.32 Å². The van der Waals surface area contributed by atoms with E-state index >= 15 is 0 Å². The summed E-state index contributed by atoms with van der Waals surface area (Å²) in [7, 11) is 3.07. The Kier molecular flexibility index (Phi) is 6.46. The molecule has 1 atom stereocenters. The van der Waals surface area contributed by atoms with Gasteiger partial charge in [0.25, 0.3) is 5.91 Å². The van der Waals surface area contributed by atoms with Gasteiger partial charge in [-0.1, -0.05) is 19.3 Å². The Labute approximate surface area is 142 Å². The summed E-state index contributed by atoms with van der Waals surface area (Å²) in [5.41, 5.74) is 0.554. The van der Waals surface area contributed by atoms with Crippen LogP contribution in [0.25, 0.3) is 0 Å². The van der Waals surface area contributed by atoms with Gasteiger partial charge < -0.3 is 19.5 Å². The van der Waals surface area contributed by atoms with Gasteiger partial charge in [-0.05, 0) is 31.9 Å². The molecule has 0 aliphatic heterocycles. The molecule has 0 saturated heterocycles. The molecule has 1 aromatic carbocycles. The molecule has 2 rings (SSSR count). The highest BCUT2D eigenvalue weighted by Crippen LogP contribution is 2.30. The third-order valence-electron chi connectivity index (χ3n) is 4.25. The van der Waals surface area contributed by atoms with Crippen molar-refractivity contribution in [3.05, 3.63) is 18.2 Å². The second-order valence-electron chi connectivity index (χ2n) is 5.97. The van der Waals surface area contributed by atoms with E-state index in [1.54, 1.807) is 32.2 Å². The van der Waals surface area contributed by atoms with Crippen LogP contribution in [0.1, 0.15) is 39.0 Å². The largest absolute Gasteiger partial charge is 0.493 e. The van der Waals surface area contributed by atoms with Crippen LogP contribution in [-0.4, -0.2) is 32.2 Å². The minimum Gasteiger partial charge on any atom is -0.493 e. The molecule has 6 heteroatoms. The molecule has 1 fully saturated rings. The summed E-state index contributed by atoms with van der Waals surface area (Å²) in [4.78, 5) is 24.3. The number of carbonyl (C=O) groups is 2. The minimum absolute atomic E-state index is 0.0740. The normalized spacial score (nSPS) is 16.1. The number of methoxy groups -OCH3 is 2. The summed E-state index contributed by atoms with van der Waals surface area (Å²) < 4.78 is 15.7. The van der Waals surface area contributed by atoms with Crippen LogP contribution >= 0.6 is 0 Å². The molecule has 1 aliphatic carbocycles. The number of hydrogen-bond donors (Lipinski definition) is 1. The first-order valence-electron chi connectivity index (χ1n) is 8.28. The summed E-state index contributed by atoms with van der Waals surface area (Å²) >= 11 is 0. The van der Waals surface area contributed by atoms with Crippen LogP contribution in [0, 0.1) is 5.92 Å². The van der Waals surface area contributed by atoms with Crippen molar-refractivity contribution in [3.8, 4) is 11.5 Å². The maximum atomic E-state index is 12.2. The van der Waals surface area contributed by atoms with Crippen LogP contribution in [0.2, 0.25) is 0 Å². The Morgan fingerprint density at radius 2 is 1.75 bits per heavy atom. The molecule has 1 amide bonds.